The molecular formula is C22H16ClN3O. The molecule has 0 unspecified atom stereocenters. The number of rotatable bonds is 3. The van der Waals surface area contributed by atoms with Gasteiger partial charge in [0, 0.05) is 21.7 Å². The zero-order valence-electron chi connectivity index (χ0n) is 14.7. The van der Waals surface area contributed by atoms with Crippen molar-refractivity contribution >= 4 is 34.7 Å². The lowest BCUT2D eigenvalue weighted by Gasteiger charge is -2.04. The van der Waals surface area contributed by atoms with Crippen LogP contribution in [0.1, 0.15) is 6.92 Å². The van der Waals surface area contributed by atoms with Crippen LogP contribution in [0.15, 0.2) is 65.6 Å². The van der Waals surface area contributed by atoms with Crippen LogP contribution in [-0.2, 0) is 0 Å². The highest BCUT2D eigenvalue weighted by molar-refractivity contribution is 6.28. The minimum absolute atomic E-state index is 0.154. The van der Waals surface area contributed by atoms with E-state index in [1.54, 1.807) is 6.08 Å². The molecule has 4 nitrogen and oxygen atoms in total. The summed E-state index contributed by atoms with van der Waals surface area (Å²) in [6.45, 7) is 5.73. The summed E-state index contributed by atoms with van der Waals surface area (Å²) >= 11 is 6.15. The topological polar surface area (TPSA) is 51.8 Å². The van der Waals surface area contributed by atoms with Crippen molar-refractivity contribution in [1.29, 1.82) is 0 Å². The molecule has 0 spiro atoms. The molecule has 0 radical (unpaired) electrons. The fourth-order valence-electron chi connectivity index (χ4n) is 3.00. The highest BCUT2D eigenvalue weighted by Gasteiger charge is 2.11. The lowest BCUT2D eigenvalue weighted by atomic mass is 10.1. The Morgan fingerprint density at radius 1 is 0.963 bits per heavy atom. The van der Waals surface area contributed by atoms with Crippen LogP contribution in [-0.4, -0.2) is 15.0 Å². The fourth-order valence-corrected chi connectivity index (χ4v) is 3.16. The normalized spacial score (nSPS) is 12.7. The zero-order valence-corrected chi connectivity index (χ0v) is 15.4. The molecule has 4 aromatic rings. The largest absolute Gasteiger partial charge is 0.456 e. The Morgan fingerprint density at radius 3 is 2.41 bits per heavy atom. The minimum Gasteiger partial charge on any atom is -0.456 e. The Hall–Kier alpha value is -3.24. The van der Waals surface area contributed by atoms with E-state index in [4.69, 9.17) is 16.0 Å². The SMILES string of the molecule is C=C/C=c1/oc2cc(-c3nc(Cl)nc(-c4ccccc4)n3)ccc2/c1=C/C. The van der Waals surface area contributed by atoms with Gasteiger partial charge in [0.1, 0.15) is 11.0 Å². The maximum Gasteiger partial charge on any atom is 0.226 e. The third kappa shape index (κ3) is 3.27. The summed E-state index contributed by atoms with van der Waals surface area (Å²) in [4.78, 5) is 13.1. The summed E-state index contributed by atoms with van der Waals surface area (Å²) in [5.41, 5.74) is 3.23. The number of hydrogen-bond acceptors (Lipinski definition) is 4. The van der Waals surface area contributed by atoms with Crippen molar-refractivity contribution in [3.05, 3.63) is 77.1 Å². The number of allylic oxidation sites excluding steroid dienone is 1. The van der Waals surface area contributed by atoms with Crippen LogP contribution < -0.4 is 10.6 Å². The summed E-state index contributed by atoms with van der Waals surface area (Å²) in [6, 6.07) is 15.6. The Kier molecular flexibility index (Phi) is 4.57. The molecule has 5 heteroatoms. The molecule has 0 atom stereocenters. The molecule has 0 aliphatic heterocycles. The van der Waals surface area contributed by atoms with Crippen molar-refractivity contribution in [3.63, 3.8) is 0 Å². The van der Waals surface area contributed by atoms with Crippen LogP contribution in [0.2, 0.25) is 5.28 Å². The first-order valence-corrected chi connectivity index (χ1v) is 8.86. The average molecular weight is 374 g/mol. The lowest BCUT2D eigenvalue weighted by Crippen LogP contribution is -2.18. The standard InChI is InChI=1S/C22H16ClN3O/c1-3-8-18-16(4-2)17-12-11-15(13-19(17)27-18)21-24-20(25-22(23)26-21)14-9-6-5-7-10-14/h3-13H,1H2,2H3/b16-4-,18-8+. The van der Waals surface area contributed by atoms with Gasteiger partial charge in [0.25, 0.3) is 0 Å². The second-order valence-corrected chi connectivity index (χ2v) is 6.24. The van der Waals surface area contributed by atoms with Crippen molar-refractivity contribution < 1.29 is 4.42 Å². The molecule has 0 saturated carbocycles. The monoisotopic (exact) mass is 373 g/mol. The number of fused-ring (bicyclic) bond motifs is 1. The van der Waals surface area contributed by atoms with Gasteiger partial charge < -0.3 is 4.42 Å². The van der Waals surface area contributed by atoms with Gasteiger partial charge in [-0.3, -0.25) is 0 Å². The predicted octanol–water partition coefficient (Wildman–Crippen LogP) is 4.37. The van der Waals surface area contributed by atoms with Crippen molar-refractivity contribution in [3.8, 4) is 22.8 Å². The van der Waals surface area contributed by atoms with Crippen LogP contribution in [0.3, 0.4) is 0 Å². The number of furan rings is 1. The highest BCUT2D eigenvalue weighted by atomic mass is 35.5. The van der Waals surface area contributed by atoms with E-state index in [1.165, 1.54) is 0 Å². The summed E-state index contributed by atoms with van der Waals surface area (Å²) in [5.74, 6) is 1.04. The second kappa shape index (κ2) is 7.17. The van der Waals surface area contributed by atoms with Gasteiger partial charge in [0.15, 0.2) is 11.6 Å². The van der Waals surface area contributed by atoms with E-state index >= 15 is 0 Å². The summed E-state index contributed by atoms with van der Waals surface area (Å²) in [6.07, 6.45) is 5.58. The van der Waals surface area contributed by atoms with Crippen LogP contribution in [0.25, 0.3) is 45.9 Å². The molecule has 4 rings (SSSR count). The molecule has 2 heterocycles. The Morgan fingerprint density at radius 2 is 1.70 bits per heavy atom. The number of halogens is 1. The maximum absolute atomic E-state index is 6.15. The molecule has 0 amide bonds. The smallest absolute Gasteiger partial charge is 0.226 e. The minimum atomic E-state index is 0.154. The van der Waals surface area contributed by atoms with E-state index in [-0.39, 0.29) is 5.28 Å². The third-order valence-electron chi connectivity index (χ3n) is 4.21. The molecule has 0 aliphatic carbocycles. The van der Waals surface area contributed by atoms with Gasteiger partial charge in [-0.1, -0.05) is 55.1 Å². The third-order valence-corrected chi connectivity index (χ3v) is 4.38. The van der Waals surface area contributed by atoms with Crippen molar-refractivity contribution in [2.45, 2.75) is 6.92 Å². The molecule has 0 fully saturated rings. The van der Waals surface area contributed by atoms with E-state index in [2.05, 4.69) is 21.5 Å². The average Bonchev–Trinajstić information content (AvgIpc) is 3.04. The highest BCUT2D eigenvalue weighted by Crippen LogP contribution is 2.24. The van der Waals surface area contributed by atoms with E-state index in [1.807, 2.05) is 67.6 Å². The van der Waals surface area contributed by atoms with E-state index in [0.717, 1.165) is 32.7 Å². The first-order valence-electron chi connectivity index (χ1n) is 8.48. The van der Waals surface area contributed by atoms with Crippen LogP contribution in [0.4, 0.5) is 0 Å². The van der Waals surface area contributed by atoms with Gasteiger partial charge in [0.05, 0.1) is 0 Å². The van der Waals surface area contributed by atoms with Gasteiger partial charge in [-0.2, -0.15) is 9.97 Å². The van der Waals surface area contributed by atoms with Crippen LogP contribution in [0.5, 0.6) is 0 Å². The number of nitrogens with zero attached hydrogens (tertiary/aromatic N) is 3. The van der Waals surface area contributed by atoms with Gasteiger partial charge in [-0.25, -0.2) is 4.98 Å². The summed E-state index contributed by atoms with van der Waals surface area (Å²) < 4.78 is 5.98. The molecule has 2 aromatic carbocycles. The Balaban J connectivity index is 1.89. The molecule has 0 N–H and O–H groups in total. The number of hydrogen-bond donors (Lipinski definition) is 0. The molecule has 2 aromatic heterocycles. The zero-order chi connectivity index (χ0) is 18.8. The predicted molar refractivity (Wildman–Crippen MR) is 110 cm³/mol. The van der Waals surface area contributed by atoms with E-state index < -0.39 is 0 Å². The number of benzene rings is 2. The Labute approximate surface area is 161 Å². The van der Waals surface area contributed by atoms with E-state index in [9.17, 15) is 0 Å². The molecular weight excluding hydrogens is 358 g/mol. The van der Waals surface area contributed by atoms with Gasteiger partial charge in [-0.05, 0) is 36.7 Å². The molecule has 0 saturated heterocycles. The van der Waals surface area contributed by atoms with Crippen LogP contribution >= 0.6 is 11.6 Å². The van der Waals surface area contributed by atoms with Crippen molar-refractivity contribution in [2.24, 2.45) is 0 Å². The van der Waals surface area contributed by atoms with Gasteiger partial charge in [0.2, 0.25) is 5.28 Å². The molecule has 132 valence electrons. The van der Waals surface area contributed by atoms with Gasteiger partial charge in [-0.15, -0.1) is 0 Å². The first kappa shape index (κ1) is 17.2. The van der Waals surface area contributed by atoms with Crippen molar-refractivity contribution in [1.82, 2.24) is 15.0 Å². The quantitative estimate of drug-likeness (QED) is 0.535. The number of aromatic nitrogens is 3. The molecule has 0 bridgehead atoms. The fraction of sp³-hybridized carbons (Fsp3) is 0.0455. The molecule has 0 aliphatic rings. The second-order valence-electron chi connectivity index (χ2n) is 5.90. The maximum atomic E-state index is 6.15. The summed E-state index contributed by atoms with van der Waals surface area (Å²) in [5, 5.41) is 2.22. The first-order chi connectivity index (χ1) is 13.2. The molecule has 27 heavy (non-hydrogen) atoms. The van der Waals surface area contributed by atoms with Crippen LogP contribution in [0, 0.1) is 0 Å². The van der Waals surface area contributed by atoms with Gasteiger partial charge >= 0.3 is 0 Å². The summed E-state index contributed by atoms with van der Waals surface area (Å²) in [7, 11) is 0. The Bertz CT molecular complexity index is 1260. The van der Waals surface area contributed by atoms with Crippen molar-refractivity contribution in [2.75, 3.05) is 0 Å². The van der Waals surface area contributed by atoms with E-state index in [0.29, 0.717) is 11.6 Å². The lowest BCUT2D eigenvalue weighted by molar-refractivity contribution is 0.576.